The molecule has 0 aliphatic carbocycles. The summed E-state index contributed by atoms with van der Waals surface area (Å²) in [7, 11) is -3.33. The Bertz CT molecular complexity index is 509. The number of halogens is 3. The molecular weight excluding hydrogens is 279 g/mol. The molecule has 1 heterocycles. The summed E-state index contributed by atoms with van der Waals surface area (Å²) in [5.74, 6) is 0. The van der Waals surface area contributed by atoms with Gasteiger partial charge in [0.05, 0.1) is 5.69 Å². The molecule has 0 saturated carbocycles. The van der Waals surface area contributed by atoms with Crippen LogP contribution in [0.15, 0.2) is 4.21 Å². The smallest absolute Gasteiger partial charge is 0.375 e. The minimum Gasteiger partial charge on any atom is -0.375 e. The van der Waals surface area contributed by atoms with Crippen molar-refractivity contribution in [2.24, 2.45) is 0 Å². The number of hydrogen-bond acceptors (Lipinski definition) is 5. The number of nitrogen functional groups attached to an aromatic ring is 1. The number of anilines is 1. The van der Waals surface area contributed by atoms with E-state index in [2.05, 4.69) is 4.98 Å². The number of sulfonamides is 1. The molecule has 1 aromatic heterocycles. The van der Waals surface area contributed by atoms with Crippen LogP contribution in [0.3, 0.4) is 0 Å². The SMILES string of the molecule is Cc1nc(N)sc1S(=O)(=O)N(C)CC(F)(F)F. The van der Waals surface area contributed by atoms with E-state index in [1.54, 1.807) is 0 Å². The van der Waals surface area contributed by atoms with Gasteiger partial charge >= 0.3 is 6.18 Å². The number of nitrogens with two attached hydrogens (primary N) is 1. The van der Waals surface area contributed by atoms with Crippen LogP contribution in [0.4, 0.5) is 18.3 Å². The normalized spacial score (nSPS) is 13.3. The summed E-state index contributed by atoms with van der Waals surface area (Å²) >= 11 is 0.645. The number of alkyl halides is 3. The number of aryl methyl sites for hydroxylation is 1. The lowest BCUT2D eigenvalue weighted by Gasteiger charge is -2.17. The molecule has 10 heteroatoms. The van der Waals surface area contributed by atoms with E-state index in [1.165, 1.54) is 6.92 Å². The Morgan fingerprint density at radius 3 is 2.35 bits per heavy atom. The quantitative estimate of drug-likeness (QED) is 0.907. The molecule has 2 N–H and O–H groups in total. The first-order valence-electron chi connectivity index (χ1n) is 4.30. The Morgan fingerprint density at radius 2 is 2.00 bits per heavy atom. The molecule has 0 spiro atoms. The van der Waals surface area contributed by atoms with Gasteiger partial charge in [0, 0.05) is 7.05 Å². The molecule has 98 valence electrons. The van der Waals surface area contributed by atoms with Crippen LogP contribution in [0.2, 0.25) is 0 Å². The molecule has 1 rings (SSSR count). The molecule has 0 amide bonds. The average Bonchev–Trinajstić information content (AvgIpc) is 2.42. The van der Waals surface area contributed by atoms with Crippen molar-refractivity contribution in [2.45, 2.75) is 17.3 Å². The topological polar surface area (TPSA) is 76.3 Å². The number of aromatic nitrogens is 1. The molecule has 0 unspecified atom stereocenters. The second kappa shape index (κ2) is 4.42. The fraction of sp³-hybridized carbons (Fsp3) is 0.571. The van der Waals surface area contributed by atoms with Gasteiger partial charge in [-0.25, -0.2) is 13.4 Å². The Kier molecular flexibility index (Phi) is 3.69. The molecule has 0 aromatic carbocycles. The molecule has 1 aromatic rings. The van der Waals surface area contributed by atoms with Crippen LogP contribution < -0.4 is 5.73 Å². The van der Waals surface area contributed by atoms with Gasteiger partial charge < -0.3 is 5.73 Å². The Morgan fingerprint density at radius 1 is 1.47 bits per heavy atom. The number of nitrogens with zero attached hydrogens (tertiary/aromatic N) is 2. The van der Waals surface area contributed by atoms with Gasteiger partial charge in [0.15, 0.2) is 9.34 Å². The summed E-state index contributed by atoms with van der Waals surface area (Å²) in [5.41, 5.74) is 5.40. The second-order valence-electron chi connectivity index (χ2n) is 3.30. The fourth-order valence-corrected chi connectivity index (χ4v) is 3.76. The Labute approximate surface area is 100 Å². The molecule has 17 heavy (non-hydrogen) atoms. The third kappa shape index (κ3) is 3.30. The van der Waals surface area contributed by atoms with E-state index < -0.39 is 22.7 Å². The van der Waals surface area contributed by atoms with Crippen molar-refractivity contribution >= 4 is 26.5 Å². The zero-order chi connectivity index (χ0) is 13.4. The van der Waals surface area contributed by atoms with Crippen molar-refractivity contribution in [3.63, 3.8) is 0 Å². The lowest BCUT2D eigenvalue weighted by Crippen LogP contribution is -2.35. The molecule has 0 saturated heterocycles. The molecule has 5 nitrogen and oxygen atoms in total. The van der Waals surface area contributed by atoms with E-state index in [4.69, 9.17) is 5.73 Å². The van der Waals surface area contributed by atoms with Gasteiger partial charge in [0.1, 0.15) is 6.54 Å². The summed E-state index contributed by atoms with van der Waals surface area (Å²) in [5, 5.41) is 0.00137. The number of hydrogen-bond donors (Lipinski definition) is 1. The van der Waals surface area contributed by atoms with E-state index >= 15 is 0 Å². The maximum atomic E-state index is 12.1. The van der Waals surface area contributed by atoms with Crippen LogP contribution in [0, 0.1) is 6.92 Å². The fourth-order valence-electron chi connectivity index (χ4n) is 1.12. The molecule has 0 fully saturated rings. The van der Waals surface area contributed by atoms with Gasteiger partial charge in [-0.05, 0) is 6.92 Å². The summed E-state index contributed by atoms with van der Waals surface area (Å²) in [6.45, 7) is -0.173. The predicted molar refractivity (Wildman–Crippen MR) is 57.1 cm³/mol. The second-order valence-corrected chi connectivity index (χ2v) is 6.57. The van der Waals surface area contributed by atoms with Crippen molar-refractivity contribution in [1.82, 2.24) is 9.29 Å². The average molecular weight is 289 g/mol. The Balaban J connectivity index is 3.08. The van der Waals surface area contributed by atoms with Gasteiger partial charge in [0.25, 0.3) is 10.0 Å². The highest BCUT2D eigenvalue weighted by Crippen LogP contribution is 2.28. The zero-order valence-electron chi connectivity index (χ0n) is 8.95. The van der Waals surface area contributed by atoms with Crippen molar-refractivity contribution in [3.05, 3.63) is 5.69 Å². The van der Waals surface area contributed by atoms with Crippen LogP contribution in [0.1, 0.15) is 5.69 Å². The van der Waals surface area contributed by atoms with E-state index in [-0.39, 0.29) is 19.3 Å². The highest BCUT2D eigenvalue weighted by molar-refractivity contribution is 7.91. The van der Waals surface area contributed by atoms with Crippen molar-refractivity contribution in [1.29, 1.82) is 0 Å². The first-order chi connectivity index (χ1) is 7.54. The van der Waals surface area contributed by atoms with Gasteiger partial charge in [-0.3, -0.25) is 0 Å². The third-order valence-corrected chi connectivity index (χ3v) is 5.19. The van der Waals surface area contributed by atoms with E-state index in [0.717, 1.165) is 7.05 Å². The largest absolute Gasteiger partial charge is 0.402 e. The van der Waals surface area contributed by atoms with Crippen LogP contribution in [0.25, 0.3) is 0 Å². The highest BCUT2D eigenvalue weighted by Gasteiger charge is 2.36. The van der Waals surface area contributed by atoms with Crippen molar-refractivity contribution < 1.29 is 21.6 Å². The monoisotopic (exact) mass is 289 g/mol. The molecular formula is C7H10F3N3O2S2. The standard InChI is InChI=1S/C7H10F3N3O2S2/c1-4-5(16-6(11)12-4)17(14,15)13(2)3-7(8,9)10/h3H2,1-2H3,(H2,11,12). The molecule has 0 radical (unpaired) electrons. The first kappa shape index (κ1) is 14.2. The molecule has 0 bridgehead atoms. The minimum absolute atomic E-state index is 0.00137. The molecule has 0 aliphatic rings. The summed E-state index contributed by atoms with van der Waals surface area (Å²) in [4.78, 5) is 3.67. The van der Waals surface area contributed by atoms with E-state index in [0.29, 0.717) is 11.3 Å². The van der Waals surface area contributed by atoms with Crippen molar-refractivity contribution in [2.75, 3.05) is 19.3 Å². The third-order valence-electron chi connectivity index (χ3n) is 1.82. The molecule has 0 atom stereocenters. The predicted octanol–water partition coefficient (Wildman–Crippen LogP) is 1.22. The maximum Gasteiger partial charge on any atom is 0.402 e. The number of thiazole rings is 1. The van der Waals surface area contributed by atoms with Gasteiger partial charge in [-0.15, -0.1) is 0 Å². The highest BCUT2D eigenvalue weighted by atomic mass is 32.2. The van der Waals surface area contributed by atoms with Crippen molar-refractivity contribution in [3.8, 4) is 0 Å². The van der Waals surface area contributed by atoms with Crippen LogP contribution in [0.5, 0.6) is 0 Å². The lowest BCUT2D eigenvalue weighted by atomic mass is 10.6. The van der Waals surface area contributed by atoms with Crippen LogP contribution in [-0.4, -0.2) is 37.5 Å². The van der Waals surface area contributed by atoms with Crippen LogP contribution in [-0.2, 0) is 10.0 Å². The lowest BCUT2D eigenvalue weighted by molar-refractivity contribution is -0.134. The Hall–Kier alpha value is -0.870. The van der Waals surface area contributed by atoms with Crippen LogP contribution >= 0.6 is 11.3 Å². The van der Waals surface area contributed by atoms with Gasteiger partial charge in [-0.2, -0.15) is 17.5 Å². The zero-order valence-corrected chi connectivity index (χ0v) is 10.6. The summed E-state index contributed by atoms with van der Waals surface area (Å²) in [6, 6.07) is 0. The maximum absolute atomic E-state index is 12.1. The van der Waals surface area contributed by atoms with Gasteiger partial charge in [-0.1, -0.05) is 11.3 Å². The molecule has 0 aliphatic heterocycles. The number of rotatable bonds is 3. The minimum atomic E-state index is -4.59. The van der Waals surface area contributed by atoms with Gasteiger partial charge in [0.2, 0.25) is 0 Å². The van der Waals surface area contributed by atoms with E-state index in [1.807, 2.05) is 0 Å². The first-order valence-corrected chi connectivity index (χ1v) is 6.55. The van der Waals surface area contributed by atoms with E-state index in [9.17, 15) is 21.6 Å². The summed E-state index contributed by atoms with van der Waals surface area (Å²) < 4.78 is 59.9. The summed E-state index contributed by atoms with van der Waals surface area (Å²) in [6.07, 6.45) is -4.59.